The lowest BCUT2D eigenvalue weighted by Gasteiger charge is -2.03. The van der Waals surface area contributed by atoms with E-state index in [9.17, 15) is 0 Å². The zero-order chi connectivity index (χ0) is 12.2. The van der Waals surface area contributed by atoms with E-state index in [4.69, 9.17) is 0 Å². The molecule has 0 aliphatic rings. The third-order valence-corrected chi connectivity index (χ3v) is 2.92. The first kappa shape index (κ1) is 15.5. The van der Waals surface area contributed by atoms with Gasteiger partial charge in [-0.05, 0) is 38.2 Å². The molecule has 0 N–H and O–H groups in total. The molecule has 1 unspecified atom stereocenters. The highest BCUT2D eigenvalue weighted by molar-refractivity contribution is 5.04. The molecule has 0 heterocycles. The Bertz CT molecular complexity index is 198. The van der Waals surface area contributed by atoms with Crippen molar-refractivity contribution in [2.75, 3.05) is 0 Å². The summed E-state index contributed by atoms with van der Waals surface area (Å²) in [6.07, 6.45) is 16.9. The van der Waals surface area contributed by atoms with Crippen LogP contribution < -0.4 is 0 Å². The minimum absolute atomic E-state index is 0.705. The predicted octanol–water partition coefficient (Wildman–Crippen LogP) is 5.70. The molecule has 0 nitrogen and oxygen atoms in total. The second-order valence-corrected chi connectivity index (χ2v) is 4.86. The zero-order valence-corrected chi connectivity index (χ0v) is 11.7. The Morgan fingerprint density at radius 3 is 2.44 bits per heavy atom. The lowest BCUT2D eigenvalue weighted by Crippen LogP contribution is -1.88. The third-order valence-electron chi connectivity index (χ3n) is 2.92. The van der Waals surface area contributed by atoms with E-state index in [2.05, 4.69) is 45.9 Å². The molecule has 1 radical (unpaired) electrons. The first-order valence-electron chi connectivity index (χ1n) is 6.96. The van der Waals surface area contributed by atoms with E-state index in [-0.39, 0.29) is 0 Å². The highest BCUT2D eigenvalue weighted by Gasteiger charge is 1.94. The fraction of sp³-hybridized carbons (Fsp3) is 0.750. The molecule has 0 fully saturated rings. The summed E-state index contributed by atoms with van der Waals surface area (Å²) in [6, 6.07) is 0. The number of rotatable bonds is 9. The standard InChI is InChI=1S/C16H29/c1-5-7-9-12-16(4)14-10-13-15(3)11-8-6-2/h10,13,15H,5-9,11-12H2,1-4H3. The molecule has 16 heavy (non-hydrogen) atoms. The summed E-state index contributed by atoms with van der Waals surface area (Å²) in [5, 5.41) is 0. The van der Waals surface area contributed by atoms with Crippen LogP contribution in [-0.2, 0) is 0 Å². The van der Waals surface area contributed by atoms with E-state index in [1.165, 1.54) is 50.5 Å². The van der Waals surface area contributed by atoms with Gasteiger partial charge in [0.15, 0.2) is 0 Å². The van der Waals surface area contributed by atoms with E-state index in [0.29, 0.717) is 5.92 Å². The molecule has 0 aromatic heterocycles. The van der Waals surface area contributed by atoms with Gasteiger partial charge < -0.3 is 0 Å². The van der Waals surface area contributed by atoms with Crippen molar-refractivity contribution in [1.29, 1.82) is 0 Å². The average molecular weight is 221 g/mol. The molecule has 0 bridgehead atoms. The molecule has 0 saturated heterocycles. The minimum Gasteiger partial charge on any atom is -0.0811 e. The van der Waals surface area contributed by atoms with Gasteiger partial charge in [0.1, 0.15) is 0 Å². The Morgan fingerprint density at radius 2 is 1.81 bits per heavy atom. The smallest absolute Gasteiger partial charge is 0.0199 e. The maximum atomic E-state index is 3.38. The summed E-state index contributed by atoms with van der Waals surface area (Å²) in [7, 11) is 0. The van der Waals surface area contributed by atoms with Crippen LogP contribution in [0.3, 0.4) is 0 Å². The second-order valence-electron chi connectivity index (χ2n) is 4.86. The van der Waals surface area contributed by atoms with Crippen molar-refractivity contribution in [2.24, 2.45) is 5.92 Å². The largest absolute Gasteiger partial charge is 0.0811 e. The Balaban J connectivity index is 3.72. The summed E-state index contributed by atoms with van der Waals surface area (Å²) >= 11 is 0. The SMILES string of the molecule is CCCCC/C(C)=[C]/C=CC(C)CCCC. The number of allylic oxidation sites excluding steroid dienone is 4. The van der Waals surface area contributed by atoms with Crippen LogP contribution in [0.25, 0.3) is 0 Å². The highest BCUT2D eigenvalue weighted by atomic mass is 14.0. The Labute approximate surface area is 103 Å². The van der Waals surface area contributed by atoms with Crippen LogP contribution in [0.15, 0.2) is 17.7 Å². The summed E-state index contributed by atoms with van der Waals surface area (Å²) in [6.45, 7) is 8.98. The number of hydrogen-bond donors (Lipinski definition) is 0. The average Bonchev–Trinajstić information content (AvgIpc) is 2.26. The van der Waals surface area contributed by atoms with E-state index >= 15 is 0 Å². The van der Waals surface area contributed by atoms with Gasteiger partial charge in [0.05, 0.1) is 0 Å². The summed E-state index contributed by atoms with van der Waals surface area (Å²) in [5.41, 5.74) is 1.40. The van der Waals surface area contributed by atoms with E-state index in [0.717, 1.165) is 0 Å². The molecular formula is C16H29. The summed E-state index contributed by atoms with van der Waals surface area (Å²) in [4.78, 5) is 0. The van der Waals surface area contributed by atoms with Gasteiger partial charge in [-0.3, -0.25) is 0 Å². The Morgan fingerprint density at radius 1 is 1.12 bits per heavy atom. The van der Waals surface area contributed by atoms with Crippen molar-refractivity contribution < 1.29 is 0 Å². The number of hydrogen-bond acceptors (Lipinski definition) is 0. The molecule has 0 aliphatic heterocycles. The van der Waals surface area contributed by atoms with Gasteiger partial charge in [-0.25, -0.2) is 0 Å². The lowest BCUT2D eigenvalue weighted by molar-refractivity contribution is 0.598. The molecule has 1 atom stereocenters. The topological polar surface area (TPSA) is 0 Å². The minimum atomic E-state index is 0.705. The van der Waals surface area contributed by atoms with Gasteiger partial charge in [0, 0.05) is 0 Å². The van der Waals surface area contributed by atoms with Crippen molar-refractivity contribution in [3.63, 3.8) is 0 Å². The van der Waals surface area contributed by atoms with Gasteiger partial charge in [-0.2, -0.15) is 0 Å². The molecule has 93 valence electrons. The fourth-order valence-electron chi connectivity index (χ4n) is 1.69. The Kier molecular flexibility index (Phi) is 10.6. The first-order valence-corrected chi connectivity index (χ1v) is 6.96. The van der Waals surface area contributed by atoms with E-state index in [1.807, 2.05) is 0 Å². The van der Waals surface area contributed by atoms with Crippen LogP contribution in [0.1, 0.15) is 72.6 Å². The highest BCUT2D eigenvalue weighted by Crippen LogP contribution is 2.10. The molecule has 0 saturated carbocycles. The molecule has 0 heteroatoms. The zero-order valence-electron chi connectivity index (χ0n) is 11.7. The monoisotopic (exact) mass is 221 g/mol. The molecule has 0 spiro atoms. The van der Waals surface area contributed by atoms with Crippen LogP contribution in [-0.4, -0.2) is 0 Å². The van der Waals surface area contributed by atoms with Gasteiger partial charge >= 0.3 is 0 Å². The van der Waals surface area contributed by atoms with Crippen molar-refractivity contribution in [3.05, 3.63) is 23.8 Å². The lowest BCUT2D eigenvalue weighted by atomic mass is 10.0. The van der Waals surface area contributed by atoms with Crippen molar-refractivity contribution in [2.45, 2.75) is 72.6 Å². The van der Waals surface area contributed by atoms with Gasteiger partial charge in [0.2, 0.25) is 0 Å². The van der Waals surface area contributed by atoms with Crippen molar-refractivity contribution in [1.82, 2.24) is 0 Å². The van der Waals surface area contributed by atoms with Crippen LogP contribution in [0.2, 0.25) is 0 Å². The van der Waals surface area contributed by atoms with Crippen LogP contribution in [0.4, 0.5) is 0 Å². The maximum absolute atomic E-state index is 3.38. The van der Waals surface area contributed by atoms with Crippen molar-refractivity contribution >= 4 is 0 Å². The van der Waals surface area contributed by atoms with E-state index in [1.54, 1.807) is 0 Å². The quantitative estimate of drug-likeness (QED) is 0.346. The van der Waals surface area contributed by atoms with Crippen LogP contribution in [0.5, 0.6) is 0 Å². The van der Waals surface area contributed by atoms with Crippen LogP contribution >= 0.6 is 0 Å². The van der Waals surface area contributed by atoms with Gasteiger partial charge in [0.25, 0.3) is 0 Å². The fourth-order valence-corrected chi connectivity index (χ4v) is 1.69. The van der Waals surface area contributed by atoms with Gasteiger partial charge in [-0.15, -0.1) is 0 Å². The van der Waals surface area contributed by atoms with Crippen molar-refractivity contribution in [3.8, 4) is 0 Å². The molecular weight excluding hydrogens is 192 g/mol. The van der Waals surface area contributed by atoms with Gasteiger partial charge in [-0.1, -0.05) is 64.2 Å². The molecule has 0 aromatic rings. The maximum Gasteiger partial charge on any atom is -0.0199 e. The molecule has 0 amide bonds. The first-order chi connectivity index (χ1) is 7.70. The molecule has 0 aliphatic carbocycles. The van der Waals surface area contributed by atoms with Crippen LogP contribution in [0, 0.1) is 12.0 Å². The molecule has 0 rings (SSSR count). The third kappa shape index (κ3) is 10.0. The number of unbranched alkanes of at least 4 members (excludes halogenated alkanes) is 3. The predicted molar refractivity (Wildman–Crippen MR) is 74.4 cm³/mol. The second kappa shape index (κ2) is 11.0. The Hall–Kier alpha value is -0.520. The normalized spacial score (nSPS) is 14.6. The summed E-state index contributed by atoms with van der Waals surface area (Å²) in [5.74, 6) is 0.705. The molecule has 0 aromatic carbocycles. The van der Waals surface area contributed by atoms with E-state index < -0.39 is 0 Å². The summed E-state index contributed by atoms with van der Waals surface area (Å²) < 4.78 is 0.